The molecule has 1 fully saturated rings. The summed E-state index contributed by atoms with van der Waals surface area (Å²) < 4.78 is 5.12. The second-order valence-corrected chi connectivity index (χ2v) is 5.57. The number of rotatable bonds is 5. The molecule has 1 aromatic rings. The quantitative estimate of drug-likeness (QED) is 0.859. The van der Waals surface area contributed by atoms with Gasteiger partial charge in [0.15, 0.2) is 0 Å². The first kappa shape index (κ1) is 14.4. The van der Waals surface area contributed by atoms with Crippen molar-refractivity contribution in [2.45, 2.75) is 56.7 Å². The Balaban J connectivity index is 1.86. The van der Waals surface area contributed by atoms with E-state index in [2.05, 4.69) is 0 Å². The van der Waals surface area contributed by atoms with Gasteiger partial charge in [-0.15, -0.1) is 0 Å². The molecule has 0 spiro atoms. The molecule has 3 nitrogen and oxygen atoms in total. The molecule has 1 aliphatic rings. The SMILES string of the molecule is COc1ccc(CC[C@H](O)C2(O)CCCCC2)cc1. The van der Waals surface area contributed by atoms with Gasteiger partial charge in [-0.3, -0.25) is 0 Å². The first-order valence-electron chi connectivity index (χ1n) is 7.17. The van der Waals surface area contributed by atoms with E-state index < -0.39 is 11.7 Å². The van der Waals surface area contributed by atoms with Gasteiger partial charge in [-0.2, -0.15) is 0 Å². The number of hydrogen-bond acceptors (Lipinski definition) is 3. The van der Waals surface area contributed by atoms with Crippen LogP contribution in [0.2, 0.25) is 0 Å². The number of aryl methyl sites for hydroxylation is 1. The molecular formula is C16H24O3. The van der Waals surface area contributed by atoms with Crippen molar-refractivity contribution in [2.75, 3.05) is 7.11 Å². The Hall–Kier alpha value is -1.06. The average molecular weight is 264 g/mol. The predicted molar refractivity (Wildman–Crippen MR) is 75.4 cm³/mol. The largest absolute Gasteiger partial charge is 0.497 e. The summed E-state index contributed by atoms with van der Waals surface area (Å²) in [5.74, 6) is 0.843. The minimum atomic E-state index is -0.856. The van der Waals surface area contributed by atoms with Crippen LogP contribution in [0.5, 0.6) is 5.75 Å². The summed E-state index contributed by atoms with van der Waals surface area (Å²) >= 11 is 0. The van der Waals surface area contributed by atoms with E-state index in [4.69, 9.17) is 4.74 Å². The van der Waals surface area contributed by atoms with Gasteiger partial charge in [-0.25, -0.2) is 0 Å². The average Bonchev–Trinajstić information content (AvgIpc) is 2.46. The highest BCUT2D eigenvalue weighted by molar-refractivity contribution is 5.27. The number of aliphatic hydroxyl groups excluding tert-OH is 1. The van der Waals surface area contributed by atoms with Crippen LogP contribution in [0, 0.1) is 0 Å². The van der Waals surface area contributed by atoms with E-state index in [1.54, 1.807) is 7.11 Å². The van der Waals surface area contributed by atoms with Crippen molar-refractivity contribution < 1.29 is 14.9 Å². The number of methoxy groups -OCH3 is 1. The second kappa shape index (κ2) is 6.40. The zero-order valence-corrected chi connectivity index (χ0v) is 11.6. The molecule has 2 rings (SSSR count). The van der Waals surface area contributed by atoms with Crippen molar-refractivity contribution >= 4 is 0 Å². The van der Waals surface area contributed by atoms with E-state index in [-0.39, 0.29) is 0 Å². The van der Waals surface area contributed by atoms with Gasteiger partial charge in [-0.1, -0.05) is 31.4 Å². The summed E-state index contributed by atoms with van der Waals surface area (Å²) in [5, 5.41) is 20.7. The molecule has 0 radical (unpaired) electrons. The van der Waals surface area contributed by atoms with Crippen LogP contribution in [-0.2, 0) is 6.42 Å². The third kappa shape index (κ3) is 3.71. The molecule has 0 unspecified atom stereocenters. The molecule has 3 heteroatoms. The summed E-state index contributed by atoms with van der Waals surface area (Å²) in [6.07, 6.45) is 5.47. The van der Waals surface area contributed by atoms with Crippen molar-refractivity contribution in [3.63, 3.8) is 0 Å². The third-order valence-electron chi connectivity index (χ3n) is 4.21. The number of aliphatic hydroxyl groups is 2. The highest BCUT2D eigenvalue weighted by Crippen LogP contribution is 2.32. The van der Waals surface area contributed by atoms with Gasteiger partial charge >= 0.3 is 0 Å². The fourth-order valence-electron chi connectivity index (χ4n) is 2.86. The maximum absolute atomic E-state index is 10.4. The van der Waals surface area contributed by atoms with Gasteiger partial charge in [0, 0.05) is 0 Å². The van der Waals surface area contributed by atoms with Crippen LogP contribution < -0.4 is 4.74 Å². The van der Waals surface area contributed by atoms with Crippen LogP contribution in [0.1, 0.15) is 44.1 Å². The summed E-state index contributed by atoms with van der Waals surface area (Å²) in [7, 11) is 1.65. The standard InChI is InChI=1S/C16H24O3/c1-19-14-8-5-13(6-9-14)7-10-15(17)16(18)11-3-2-4-12-16/h5-6,8-9,15,17-18H,2-4,7,10-12H2,1H3/t15-/m0/s1. The minimum Gasteiger partial charge on any atom is -0.497 e. The van der Waals surface area contributed by atoms with E-state index in [0.717, 1.165) is 37.9 Å². The number of hydrogen-bond donors (Lipinski definition) is 2. The molecule has 0 saturated heterocycles. The van der Waals surface area contributed by atoms with E-state index in [1.807, 2.05) is 24.3 Å². The van der Waals surface area contributed by atoms with E-state index in [0.29, 0.717) is 6.42 Å². The Bertz CT molecular complexity index is 379. The van der Waals surface area contributed by atoms with Gasteiger partial charge in [-0.05, 0) is 43.4 Å². The molecule has 0 aliphatic heterocycles. The van der Waals surface area contributed by atoms with E-state index in [9.17, 15) is 10.2 Å². The lowest BCUT2D eigenvalue weighted by Gasteiger charge is -2.36. The van der Waals surface area contributed by atoms with Crippen molar-refractivity contribution in [3.8, 4) is 5.75 Å². The fourth-order valence-corrected chi connectivity index (χ4v) is 2.86. The summed E-state index contributed by atoms with van der Waals surface area (Å²) in [6.45, 7) is 0. The van der Waals surface area contributed by atoms with Crippen LogP contribution in [0.25, 0.3) is 0 Å². The van der Waals surface area contributed by atoms with E-state index in [1.165, 1.54) is 12.0 Å². The molecule has 1 atom stereocenters. The lowest BCUT2D eigenvalue weighted by Crippen LogP contribution is -2.44. The monoisotopic (exact) mass is 264 g/mol. The molecule has 0 amide bonds. The zero-order valence-electron chi connectivity index (χ0n) is 11.6. The summed E-state index contributed by atoms with van der Waals surface area (Å²) in [6, 6.07) is 7.88. The zero-order chi connectivity index (χ0) is 13.7. The topological polar surface area (TPSA) is 49.7 Å². The second-order valence-electron chi connectivity index (χ2n) is 5.57. The van der Waals surface area contributed by atoms with Gasteiger partial charge in [0.05, 0.1) is 18.8 Å². The van der Waals surface area contributed by atoms with Crippen LogP contribution in [0.3, 0.4) is 0 Å². The Morgan fingerprint density at radius 3 is 2.37 bits per heavy atom. The number of benzene rings is 1. The molecule has 0 heterocycles. The Kier molecular flexibility index (Phi) is 4.83. The Labute approximate surface area is 115 Å². The van der Waals surface area contributed by atoms with E-state index >= 15 is 0 Å². The third-order valence-corrected chi connectivity index (χ3v) is 4.21. The Morgan fingerprint density at radius 2 is 1.79 bits per heavy atom. The van der Waals surface area contributed by atoms with Gasteiger partial charge in [0.2, 0.25) is 0 Å². The van der Waals surface area contributed by atoms with Crippen LogP contribution >= 0.6 is 0 Å². The maximum atomic E-state index is 10.4. The minimum absolute atomic E-state index is 0.614. The molecule has 0 bridgehead atoms. The molecule has 106 valence electrons. The lowest BCUT2D eigenvalue weighted by molar-refractivity contribution is -0.0992. The maximum Gasteiger partial charge on any atom is 0.118 e. The molecule has 0 aromatic heterocycles. The predicted octanol–water partition coefficient (Wildman–Crippen LogP) is 2.68. The van der Waals surface area contributed by atoms with Gasteiger partial charge < -0.3 is 14.9 Å². The molecule has 1 aromatic carbocycles. The van der Waals surface area contributed by atoms with Crippen LogP contribution in [0.4, 0.5) is 0 Å². The first-order valence-corrected chi connectivity index (χ1v) is 7.17. The van der Waals surface area contributed by atoms with Crippen molar-refractivity contribution in [1.29, 1.82) is 0 Å². The summed E-state index contributed by atoms with van der Waals surface area (Å²) in [5.41, 5.74) is 0.310. The van der Waals surface area contributed by atoms with Crippen molar-refractivity contribution in [1.82, 2.24) is 0 Å². The Morgan fingerprint density at radius 1 is 1.16 bits per heavy atom. The van der Waals surface area contributed by atoms with Crippen molar-refractivity contribution in [3.05, 3.63) is 29.8 Å². The smallest absolute Gasteiger partial charge is 0.118 e. The highest BCUT2D eigenvalue weighted by Gasteiger charge is 2.36. The number of ether oxygens (including phenoxy) is 1. The molecule has 19 heavy (non-hydrogen) atoms. The van der Waals surface area contributed by atoms with Crippen LogP contribution in [0.15, 0.2) is 24.3 Å². The summed E-state index contributed by atoms with van der Waals surface area (Å²) in [4.78, 5) is 0. The molecule has 1 saturated carbocycles. The molecule has 1 aliphatic carbocycles. The van der Waals surface area contributed by atoms with Gasteiger partial charge in [0.1, 0.15) is 5.75 Å². The molecule has 2 N–H and O–H groups in total. The normalized spacial score (nSPS) is 19.9. The van der Waals surface area contributed by atoms with Gasteiger partial charge in [0.25, 0.3) is 0 Å². The molecular weight excluding hydrogens is 240 g/mol. The first-order chi connectivity index (χ1) is 9.14. The lowest BCUT2D eigenvalue weighted by atomic mass is 9.79. The van der Waals surface area contributed by atoms with Crippen LogP contribution in [-0.4, -0.2) is 29.0 Å². The van der Waals surface area contributed by atoms with Crippen molar-refractivity contribution in [2.24, 2.45) is 0 Å². The fraction of sp³-hybridized carbons (Fsp3) is 0.625. The highest BCUT2D eigenvalue weighted by atomic mass is 16.5.